The van der Waals surface area contributed by atoms with Gasteiger partial charge in [0.05, 0.1) is 18.7 Å². The predicted molar refractivity (Wildman–Crippen MR) is 108 cm³/mol. The van der Waals surface area contributed by atoms with Gasteiger partial charge in [-0.15, -0.1) is 11.3 Å². The highest BCUT2D eigenvalue weighted by molar-refractivity contribution is 7.14. The molecule has 4 N–H and O–H groups in total. The minimum atomic E-state index is -0.588. The maximum absolute atomic E-state index is 12.3. The number of amides is 3. The van der Waals surface area contributed by atoms with Crippen LogP contribution >= 0.6 is 11.3 Å². The largest absolute Gasteiger partial charge is 0.366 e. The Bertz CT molecular complexity index is 819. The number of carbonyl (C=O) groups excluding carboxylic acids is 3. The first kappa shape index (κ1) is 20.6. The summed E-state index contributed by atoms with van der Waals surface area (Å²) in [5, 5.41) is 7.68. The highest BCUT2D eigenvalue weighted by Crippen LogP contribution is 2.22. The van der Waals surface area contributed by atoms with Gasteiger partial charge in [0, 0.05) is 5.69 Å². The SMILES string of the molecule is CCCN(CC(=O)Nc1ccccc1C)CC(=O)Nc1sccc1C(N)=O. The molecular weight excluding hydrogens is 364 g/mol. The summed E-state index contributed by atoms with van der Waals surface area (Å²) >= 11 is 1.23. The van der Waals surface area contributed by atoms with E-state index in [0.29, 0.717) is 11.5 Å². The molecule has 0 aliphatic heterocycles. The Balaban J connectivity index is 1.95. The lowest BCUT2D eigenvalue weighted by Crippen LogP contribution is -2.39. The van der Waals surface area contributed by atoms with Crippen LogP contribution in [0.4, 0.5) is 10.7 Å². The van der Waals surface area contributed by atoms with Gasteiger partial charge in [-0.1, -0.05) is 25.1 Å². The van der Waals surface area contributed by atoms with Crippen molar-refractivity contribution in [1.29, 1.82) is 0 Å². The highest BCUT2D eigenvalue weighted by Gasteiger charge is 2.17. The number of nitrogens with two attached hydrogens (primary N) is 1. The van der Waals surface area contributed by atoms with Crippen LogP contribution in [0.5, 0.6) is 0 Å². The molecule has 3 amide bonds. The van der Waals surface area contributed by atoms with E-state index in [4.69, 9.17) is 5.73 Å². The number of primary amides is 1. The Morgan fingerprint density at radius 1 is 1.07 bits per heavy atom. The van der Waals surface area contributed by atoms with Crippen LogP contribution in [0, 0.1) is 6.92 Å². The first-order chi connectivity index (χ1) is 12.9. The van der Waals surface area contributed by atoms with E-state index in [1.165, 1.54) is 11.3 Å². The third-order valence-corrected chi connectivity index (χ3v) is 4.71. The van der Waals surface area contributed by atoms with Gasteiger partial charge in [0.2, 0.25) is 11.8 Å². The fourth-order valence-corrected chi connectivity index (χ4v) is 3.41. The molecule has 0 aliphatic rings. The molecule has 144 valence electrons. The van der Waals surface area contributed by atoms with E-state index in [1.807, 2.05) is 38.1 Å². The van der Waals surface area contributed by atoms with Gasteiger partial charge in [-0.3, -0.25) is 19.3 Å². The van der Waals surface area contributed by atoms with E-state index >= 15 is 0 Å². The molecule has 0 radical (unpaired) electrons. The molecule has 0 saturated heterocycles. The van der Waals surface area contributed by atoms with Crippen molar-refractivity contribution < 1.29 is 14.4 Å². The summed E-state index contributed by atoms with van der Waals surface area (Å²) in [4.78, 5) is 37.8. The summed E-state index contributed by atoms with van der Waals surface area (Å²) in [6.07, 6.45) is 0.802. The normalized spacial score (nSPS) is 10.6. The molecule has 0 spiro atoms. The lowest BCUT2D eigenvalue weighted by Gasteiger charge is -2.20. The number of aryl methyl sites for hydroxylation is 1. The molecular formula is C19H24N4O3S. The van der Waals surface area contributed by atoms with Gasteiger partial charge in [0.25, 0.3) is 5.91 Å². The third-order valence-electron chi connectivity index (χ3n) is 3.88. The van der Waals surface area contributed by atoms with Gasteiger partial charge < -0.3 is 16.4 Å². The lowest BCUT2D eigenvalue weighted by molar-refractivity contribution is -0.120. The second kappa shape index (κ2) is 9.84. The van der Waals surface area contributed by atoms with Crippen molar-refractivity contribution in [3.05, 3.63) is 46.8 Å². The Kier molecular flexibility index (Phi) is 7.51. The summed E-state index contributed by atoms with van der Waals surface area (Å²) in [5.74, 6) is -1.06. The standard InChI is InChI=1S/C19H24N4O3S/c1-3-9-23(11-16(24)21-15-7-5-4-6-13(15)2)12-17(25)22-19-14(18(20)26)8-10-27-19/h4-8,10H,3,9,11-12H2,1-2H3,(H2,20,26)(H,21,24)(H,22,25). The van der Waals surface area contributed by atoms with E-state index in [-0.39, 0.29) is 30.5 Å². The van der Waals surface area contributed by atoms with E-state index < -0.39 is 5.91 Å². The topological polar surface area (TPSA) is 105 Å². The second-order valence-electron chi connectivity index (χ2n) is 6.15. The van der Waals surface area contributed by atoms with Crippen LogP contribution in [0.2, 0.25) is 0 Å². The monoisotopic (exact) mass is 388 g/mol. The molecule has 0 unspecified atom stereocenters. The lowest BCUT2D eigenvalue weighted by atomic mass is 10.2. The number of anilines is 2. The van der Waals surface area contributed by atoms with Gasteiger partial charge in [-0.05, 0) is 43.0 Å². The van der Waals surface area contributed by atoms with Gasteiger partial charge in [0.15, 0.2) is 0 Å². The maximum Gasteiger partial charge on any atom is 0.251 e. The number of para-hydroxylation sites is 1. The number of thiophene rings is 1. The zero-order chi connectivity index (χ0) is 19.8. The Hall–Kier alpha value is -2.71. The van der Waals surface area contributed by atoms with E-state index in [9.17, 15) is 14.4 Å². The van der Waals surface area contributed by atoms with Crippen molar-refractivity contribution in [2.24, 2.45) is 5.73 Å². The molecule has 0 atom stereocenters. The molecule has 7 nitrogen and oxygen atoms in total. The first-order valence-corrected chi connectivity index (χ1v) is 9.53. The summed E-state index contributed by atoms with van der Waals surface area (Å²) in [5.41, 5.74) is 7.30. The van der Waals surface area contributed by atoms with Crippen LogP contribution in [0.1, 0.15) is 29.3 Å². The molecule has 27 heavy (non-hydrogen) atoms. The fraction of sp³-hybridized carbons (Fsp3) is 0.316. The van der Waals surface area contributed by atoms with E-state index in [0.717, 1.165) is 17.7 Å². The maximum atomic E-state index is 12.3. The minimum absolute atomic E-state index is 0.0468. The van der Waals surface area contributed by atoms with Crippen LogP contribution < -0.4 is 16.4 Å². The second-order valence-corrected chi connectivity index (χ2v) is 7.07. The van der Waals surface area contributed by atoms with Crippen molar-refractivity contribution >= 4 is 39.7 Å². The van der Waals surface area contributed by atoms with Crippen LogP contribution in [-0.4, -0.2) is 42.3 Å². The molecule has 0 fully saturated rings. The van der Waals surface area contributed by atoms with Crippen molar-refractivity contribution in [2.45, 2.75) is 20.3 Å². The number of benzene rings is 1. The molecule has 8 heteroatoms. The number of rotatable bonds is 9. The van der Waals surface area contributed by atoms with Gasteiger partial charge in [-0.25, -0.2) is 0 Å². The Labute approximate surface area is 162 Å². The Morgan fingerprint density at radius 3 is 2.37 bits per heavy atom. The van der Waals surface area contributed by atoms with Crippen molar-refractivity contribution in [3.8, 4) is 0 Å². The number of carbonyl (C=O) groups is 3. The molecule has 0 aliphatic carbocycles. The molecule has 1 aromatic carbocycles. The quantitative estimate of drug-likeness (QED) is 0.614. The van der Waals surface area contributed by atoms with Crippen LogP contribution in [-0.2, 0) is 9.59 Å². The summed E-state index contributed by atoms with van der Waals surface area (Å²) < 4.78 is 0. The van der Waals surface area contributed by atoms with Gasteiger partial charge in [-0.2, -0.15) is 0 Å². The third kappa shape index (κ3) is 6.19. The molecule has 0 saturated carbocycles. The van der Waals surface area contributed by atoms with Crippen LogP contribution in [0.25, 0.3) is 0 Å². The fourth-order valence-electron chi connectivity index (χ4n) is 2.61. The zero-order valence-electron chi connectivity index (χ0n) is 15.5. The summed E-state index contributed by atoms with van der Waals surface area (Å²) in [6.45, 7) is 4.65. The smallest absolute Gasteiger partial charge is 0.251 e. The number of nitrogens with zero attached hydrogens (tertiary/aromatic N) is 1. The molecule has 0 bridgehead atoms. The average molecular weight is 388 g/mol. The van der Waals surface area contributed by atoms with Gasteiger partial charge >= 0.3 is 0 Å². The molecule has 2 rings (SSSR count). The van der Waals surface area contributed by atoms with E-state index in [2.05, 4.69) is 10.6 Å². The zero-order valence-corrected chi connectivity index (χ0v) is 16.3. The highest BCUT2D eigenvalue weighted by atomic mass is 32.1. The van der Waals surface area contributed by atoms with Crippen LogP contribution in [0.15, 0.2) is 35.7 Å². The minimum Gasteiger partial charge on any atom is -0.366 e. The number of hydrogen-bond acceptors (Lipinski definition) is 5. The molecule has 1 heterocycles. The van der Waals surface area contributed by atoms with Crippen molar-refractivity contribution in [3.63, 3.8) is 0 Å². The predicted octanol–water partition coefficient (Wildman–Crippen LogP) is 2.44. The summed E-state index contributed by atoms with van der Waals surface area (Å²) in [7, 11) is 0. The van der Waals surface area contributed by atoms with Gasteiger partial charge in [0.1, 0.15) is 5.00 Å². The Morgan fingerprint density at radius 2 is 1.74 bits per heavy atom. The van der Waals surface area contributed by atoms with Crippen LogP contribution in [0.3, 0.4) is 0 Å². The summed E-state index contributed by atoms with van der Waals surface area (Å²) in [6, 6.07) is 9.10. The van der Waals surface area contributed by atoms with E-state index in [1.54, 1.807) is 16.3 Å². The first-order valence-electron chi connectivity index (χ1n) is 8.65. The number of hydrogen-bond donors (Lipinski definition) is 3. The number of nitrogens with one attached hydrogen (secondary N) is 2. The average Bonchev–Trinajstić information content (AvgIpc) is 3.05. The van der Waals surface area contributed by atoms with Crippen molar-refractivity contribution in [2.75, 3.05) is 30.3 Å². The molecule has 1 aromatic heterocycles. The van der Waals surface area contributed by atoms with Crippen molar-refractivity contribution in [1.82, 2.24) is 4.90 Å². The molecule has 2 aromatic rings.